The molecule has 0 aliphatic carbocycles. The summed E-state index contributed by atoms with van der Waals surface area (Å²) >= 11 is 7.72. The third kappa shape index (κ3) is 3.61. The van der Waals surface area contributed by atoms with Gasteiger partial charge >= 0.3 is 0 Å². The summed E-state index contributed by atoms with van der Waals surface area (Å²) in [5, 5.41) is 14.3. The second kappa shape index (κ2) is 7.23. The van der Waals surface area contributed by atoms with Crippen molar-refractivity contribution >= 4 is 34.9 Å². The van der Waals surface area contributed by atoms with Gasteiger partial charge in [0.25, 0.3) is 0 Å². The molecule has 0 amide bonds. The molecular formula is C18H20ClN3O2S. The number of aromatic hydroxyl groups is 1. The van der Waals surface area contributed by atoms with E-state index in [4.69, 9.17) is 16.3 Å². The minimum absolute atomic E-state index is 0.259. The summed E-state index contributed by atoms with van der Waals surface area (Å²) in [5.74, 6) is 1.11. The van der Waals surface area contributed by atoms with E-state index < -0.39 is 0 Å². The van der Waals surface area contributed by atoms with Crippen molar-refractivity contribution in [3.63, 3.8) is 0 Å². The van der Waals surface area contributed by atoms with E-state index in [0.29, 0.717) is 6.61 Å². The molecule has 0 unspecified atom stereocenters. The molecule has 1 fully saturated rings. The van der Waals surface area contributed by atoms with Crippen LogP contribution in [0.3, 0.4) is 0 Å². The van der Waals surface area contributed by atoms with Crippen LogP contribution in [-0.4, -0.2) is 44.4 Å². The predicted octanol–water partition coefficient (Wildman–Crippen LogP) is 3.36. The van der Waals surface area contributed by atoms with Crippen LogP contribution >= 0.6 is 23.5 Å². The molecule has 0 saturated carbocycles. The zero-order valence-corrected chi connectivity index (χ0v) is 15.3. The quantitative estimate of drug-likeness (QED) is 0.800. The van der Waals surface area contributed by atoms with Crippen LogP contribution in [0.1, 0.15) is 0 Å². The maximum Gasteiger partial charge on any atom is 0.167 e. The fourth-order valence-corrected chi connectivity index (χ4v) is 4.38. The van der Waals surface area contributed by atoms with Crippen LogP contribution in [0.4, 0.5) is 11.4 Å². The number of piperazine rings is 1. The summed E-state index contributed by atoms with van der Waals surface area (Å²) in [6, 6.07) is 11.4. The Hall–Kier alpha value is -1.76. The van der Waals surface area contributed by atoms with Crippen molar-refractivity contribution in [3.8, 4) is 11.5 Å². The zero-order valence-electron chi connectivity index (χ0n) is 13.7. The summed E-state index contributed by atoms with van der Waals surface area (Å²) in [7, 11) is 0. The predicted molar refractivity (Wildman–Crippen MR) is 103 cm³/mol. The maximum absolute atomic E-state index is 10.3. The molecule has 1 saturated heterocycles. The Kier molecular flexibility index (Phi) is 4.83. The second-order valence-electron chi connectivity index (χ2n) is 6.05. The standard InChI is InChI=1S/C18H20ClN3O2S/c19-13-2-1-3-15(10-13)25-22-8-9-24-18-16(11-14(23)12-17(18)22)21-6-4-20-5-7-21/h1-3,10-12,20,23H,4-9H2. The first-order chi connectivity index (χ1) is 12.2. The number of anilines is 2. The lowest BCUT2D eigenvalue weighted by molar-refractivity contribution is 0.316. The smallest absolute Gasteiger partial charge is 0.167 e. The average Bonchev–Trinajstić information content (AvgIpc) is 2.62. The zero-order chi connectivity index (χ0) is 17.2. The number of ether oxygens (including phenoxy) is 1. The first-order valence-corrected chi connectivity index (χ1v) is 9.52. The molecule has 0 spiro atoms. The van der Waals surface area contributed by atoms with Gasteiger partial charge < -0.3 is 24.4 Å². The van der Waals surface area contributed by atoms with E-state index in [1.807, 2.05) is 24.3 Å². The fourth-order valence-electron chi connectivity index (χ4n) is 3.15. The first-order valence-electron chi connectivity index (χ1n) is 8.37. The second-order valence-corrected chi connectivity index (χ2v) is 7.58. The number of nitrogens with one attached hydrogen (secondary N) is 1. The molecule has 0 bridgehead atoms. The van der Waals surface area contributed by atoms with Gasteiger partial charge in [-0.25, -0.2) is 0 Å². The van der Waals surface area contributed by atoms with Crippen LogP contribution in [-0.2, 0) is 0 Å². The number of phenolic OH excluding ortho intramolecular Hbond substituents is 1. The van der Waals surface area contributed by atoms with Gasteiger partial charge in [0, 0.05) is 48.2 Å². The Morgan fingerprint density at radius 2 is 1.88 bits per heavy atom. The summed E-state index contributed by atoms with van der Waals surface area (Å²) in [6.07, 6.45) is 0. The van der Waals surface area contributed by atoms with Crippen molar-refractivity contribution in [2.24, 2.45) is 0 Å². The van der Waals surface area contributed by atoms with Crippen LogP contribution < -0.4 is 19.3 Å². The number of fused-ring (bicyclic) bond motifs is 1. The lowest BCUT2D eigenvalue weighted by atomic mass is 10.2. The molecule has 0 radical (unpaired) electrons. The van der Waals surface area contributed by atoms with Gasteiger partial charge in [-0.2, -0.15) is 0 Å². The van der Waals surface area contributed by atoms with Crippen LogP contribution in [0.15, 0.2) is 41.3 Å². The molecule has 25 heavy (non-hydrogen) atoms. The van der Waals surface area contributed by atoms with Crippen molar-refractivity contribution in [2.45, 2.75) is 4.90 Å². The summed E-state index contributed by atoms with van der Waals surface area (Å²) in [4.78, 5) is 3.33. The van der Waals surface area contributed by atoms with Crippen molar-refractivity contribution in [1.29, 1.82) is 0 Å². The number of hydrogen-bond donors (Lipinski definition) is 2. The third-order valence-corrected chi connectivity index (χ3v) is 5.61. The molecule has 2 N–H and O–H groups in total. The molecule has 0 aromatic heterocycles. The van der Waals surface area contributed by atoms with Crippen LogP contribution in [0.5, 0.6) is 11.5 Å². The Morgan fingerprint density at radius 1 is 1.08 bits per heavy atom. The van der Waals surface area contributed by atoms with Crippen molar-refractivity contribution in [2.75, 3.05) is 48.5 Å². The number of rotatable bonds is 3. The molecule has 2 aromatic rings. The average molecular weight is 378 g/mol. The van der Waals surface area contributed by atoms with Gasteiger partial charge in [0.15, 0.2) is 5.75 Å². The van der Waals surface area contributed by atoms with Gasteiger partial charge in [-0.3, -0.25) is 0 Å². The van der Waals surface area contributed by atoms with Crippen molar-refractivity contribution in [1.82, 2.24) is 5.32 Å². The molecule has 0 atom stereocenters. The number of benzene rings is 2. The Balaban J connectivity index is 1.67. The molecule has 7 heteroatoms. The molecule has 2 aromatic carbocycles. The van der Waals surface area contributed by atoms with Gasteiger partial charge in [-0.15, -0.1) is 0 Å². The fraction of sp³-hybridized carbons (Fsp3) is 0.333. The third-order valence-electron chi connectivity index (χ3n) is 4.31. The molecule has 2 heterocycles. The molecule has 4 rings (SSSR count). The lowest BCUT2D eigenvalue weighted by Crippen LogP contribution is -2.44. The monoisotopic (exact) mass is 377 g/mol. The van der Waals surface area contributed by atoms with Crippen LogP contribution in [0.25, 0.3) is 0 Å². The normalized spacial score (nSPS) is 17.2. The highest BCUT2D eigenvalue weighted by Crippen LogP contribution is 2.46. The number of nitrogens with zero attached hydrogens (tertiary/aromatic N) is 2. The van der Waals surface area contributed by atoms with Gasteiger partial charge in [-0.05, 0) is 30.1 Å². The largest absolute Gasteiger partial charge is 0.508 e. The van der Waals surface area contributed by atoms with Gasteiger partial charge in [0.2, 0.25) is 0 Å². The number of phenols is 1. The molecule has 132 valence electrons. The number of hydrogen-bond acceptors (Lipinski definition) is 6. The van der Waals surface area contributed by atoms with E-state index in [2.05, 4.69) is 14.5 Å². The molecular weight excluding hydrogens is 358 g/mol. The summed E-state index contributed by atoms with van der Waals surface area (Å²) < 4.78 is 8.16. The van der Waals surface area contributed by atoms with Crippen LogP contribution in [0.2, 0.25) is 5.02 Å². The maximum atomic E-state index is 10.3. The highest BCUT2D eigenvalue weighted by Gasteiger charge is 2.26. The Morgan fingerprint density at radius 3 is 2.68 bits per heavy atom. The molecule has 2 aliphatic rings. The van der Waals surface area contributed by atoms with E-state index in [9.17, 15) is 5.11 Å². The van der Waals surface area contributed by atoms with E-state index >= 15 is 0 Å². The van der Waals surface area contributed by atoms with E-state index in [-0.39, 0.29) is 5.75 Å². The van der Waals surface area contributed by atoms with E-state index in [1.165, 1.54) is 0 Å². The van der Waals surface area contributed by atoms with E-state index in [0.717, 1.165) is 59.8 Å². The lowest BCUT2D eigenvalue weighted by Gasteiger charge is -2.36. The highest BCUT2D eigenvalue weighted by atomic mass is 35.5. The Labute approximate surface area is 156 Å². The molecule has 5 nitrogen and oxygen atoms in total. The summed E-state index contributed by atoms with van der Waals surface area (Å²) in [5.41, 5.74) is 1.87. The Bertz CT molecular complexity index is 768. The van der Waals surface area contributed by atoms with Crippen molar-refractivity contribution in [3.05, 3.63) is 41.4 Å². The first kappa shape index (κ1) is 16.7. The number of halogens is 1. The minimum Gasteiger partial charge on any atom is -0.508 e. The van der Waals surface area contributed by atoms with Gasteiger partial charge in [0.1, 0.15) is 12.4 Å². The van der Waals surface area contributed by atoms with Crippen LogP contribution in [0, 0.1) is 0 Å². The topological polar surface area (TPSA) is 48.0 Å². The molecule has 2 aliphatic heterocycles. The van der Waals surface area contributed by atoms with E-state index in [1.54, 1.807) is 24.1 Å². The van der Waals surface area contributed by atoms with Crippen molar-refractivity contribution < 1.29 is 9.84 Å². The summed E-state index contributed by atoms with van der Waals surface area (Å²) in [6.45, 7) is 5.04. The minimum atomic E-state index is 0.259. The highest BCUT2D eigenvalue weighted by molar-refractivity contribution is 8.00. The SMILES string of the molecule is Oc1cc(N2CCNCC2)c2c(c1)N(Sc1cccc(Cl)c1)CCO2. The van der Waals surface area contributed by atoms with Gasteiger partial charge in [-0.1, -0.05) is 17.7 Å². The van der Waals surface area contributed by atoms with Gasteiger partial charge in [0.05, 0.1) is 17.9 Å².